The van der Waals surface area contributed by atoms with Gasteiger partial charge >= 0.3 is 0 Å². The number of nitro benzene ring substituents is 1. The number of nitro groups is 1. The van der Waals surface area contributed by atoms with Crippen molar-refractivity contribution in [1.29, 1.82) is 0 Å². The van der Waals surface area contributed by atoms with Gasteiger partial charge in [-0.1, -0.05) is 0 Å². The molecule has 5 nitrogen and oxygen atoms in total. The van der Waals surface area contributed by atoms with E-state index in [4.69, 9.17) is 4.74 Å². The number of rotatable bonds is 3. The first-order chi connectivity index (χ1) is 8.15. The highest BCUT2D eigenvalue weighted by Gasteiger charge is 2.18. The second-order valence-corrected chi connectivity index (χ2v) is 4.29. The van der Waals surface area contributed by atoms with Gasteiger partial charge in [0.2, 0.25) is 0 Å². The molecule has 1 heterocycles. The van der Waals surface area contributed by atoms with Gasteiger partial charge in [0.15, 0.2) is 0 Å². The first-order valence-electron chi connectivity index (χ1n) is 5.66. The second-order valence-electron chi connectivity index (χ2n) is 4.29. The highest BCUT2D eigenvalue weighted by atomic mass is 16.6. The summed E-state index contributed by atoms with van der Waals surface area (Å²) in [5.74, 6) is 0.560. The van der Waals surface area contributed by atoms with Crippen LogP contribution in [0.2, 0.25) is 0 Å². The standard InChI is InChI=1S/C12H15N2O3/c1-13-7-5-11(6-8-13)17-12-4-2-3-10(9-12)14(15)16/h2,4,9,11H,5-8H2,1H3. The number of non-ortho nitro benzene ring substituents is 1. The summed E-state index contributed by atoms with van der Waals surface area (Å²) in [6, 6.07) is 7.24. The first kappa shape index (κ1) is 11.9. The van der Waals surface area contributed by atoms with E-state index in [-0.39, 0.29) is 11.8 Å². The maximum Gasteiger partial charge on any atom is 0.281 e. The third-order valence-electron chi connectivity index (χ3n) is 2.92. The average Bonchev–Trinajstić information content (AvgIpc) is 2.32. The first-order valence-corrected chi connectivity index (χ1v) is 5.66. The van der Waals surface area contributed by atoms with Crippen LogP contribution < -0.4 is 4.74 Å². The zero-order chi connectivity index (χ0) is 12.3. The molecule has 0 atom stereocenters. The lowest BCUT2D eigenvalue weighted by atomic mass is 10.1. The van der Waals surface area contributed by atoms with Crippen molar-refractivity contribution in [2.45, 2.75) is 18.9 Å². The van der Waals surface area contributed by atoms with Gasteiger partial charge in [0.25, 0.3) is 5.69 Å². The van der Waals surface area contributed by atoms with Crippen LogP contribution >= 0.6 is 0 Å². The molecule has 0 aliphatic carbocycles. The number of nitrogens with zero attached hydrogens (tertiary/aromatic N) is 2. The van der Waals surface area contributed by atoms with E-state index < -0.39 is 4.92 Å². The second kappa shape index (κ2) is 5.14. The fourth-order valence-corrected chi connectivity index (χ4v) is 1.91. The van der Waals surface area contributed by atoms with E-state index in [1.54, 1.807) is 6.07 Å². The molecule has 1 saturated heterocycles. The lowest BCUT2D eigenvalue weighted by molar-refractivity contribution is -0.385. The third kappa shape index (κ3) is 3.17. The Labute approximate surface area is 100 Å². The van der Waals surface area contributed by atoms with Gasteiger partial charge in [-0.15, -0.1) is 0 Å². The van der Waals surface area contributed by atoms with E-state index >= 15 is 0 Å². The van der Waals surface area contributed by atoms with Crippen LogP contribution in [-0.4, -0.2) is 36.1 Å². The third-order valence-corrected chi connectivity index (χ3v) is 2.92. The van der Waals surface area contributed by atoms with Crippen molar-refractivity contribution in [1.82, 2.24) is 4.90 Å². The van der Waals surface area contributed by atoms with E-state index in [0.29, 0.717) is 5.75 Å². The quantitative estimate of drug-likeness (QED) is 0.592. The molecule has 0 saturated carbocycles. The van der Waals surface area contributed by atoms with E-state index in [1.165, 1.54) is 12.1 Å². The Bertz CT molecular complexity index is 400. The highest BCUT2D eigenvalue weighted by Crippen LogP contribution is 2.22. The molecule has 0 aromatic heterocycles. The number of likely N-dealkylation sites (tertiary alicyclic amines) is 1. The van der Waals surface area contributed by atoms with Gasteiger partial charge in [0, 0.05) is 13.1 Å². The van der Waals surface area contributed by atoms with Crippen molar-refractivity contribution in [3.05, 3.63) is 34.4 Å². The molecular formula is C12H15N2O3. The summed E-state index contributed by atoms with van der Waals surface area (Å²) in [5, 5.41) is 10.6. The lowest BCUT2D eigenvalue weighted by Gasteiger charge is -2.29. The minimum Gasteiger partial charge on any atom is -0.490 e. The summed E-state index contributed by atoms with van der Waals surface area (Å²) in [6.45, 7) is 2.01. The van der Waals surface area contributed by atoms with Gasteiger partial charge in [0.1, 0.15) is 11.9 Å². The van der Waals surface area contributed by atoms with Crippen LogP contribution in [0.1, 0.15) is 12.8 Å². The minimum absolute atomic E-state index is 0.0459. The molecule has 5 heteroatoms. The summed E-state index contributed by atoms with van der Waals surface area (Å²) < 4.78 is 5.74. The molecule has 0 amide bonds. The van der Waals surface area contributed by atoms with Crippen molar-refractivity contribution in [2.75, 3.05) is 20.1 Å². The molecule has 1 aliphatic rings. The number of piperidine rings is 1. The average molecular weight is 235 g/mol. The summed E-state index contributed by atoms with van der Waals surface area (Å²) in [7, 11) is 2.08. The zero-order valence-corrected chi connectivity index (χ0v) is 9.76. The van der Waals surface area contributed by atoms with Crippen LogP contribution in [0.15, 0.2) is 18.2 Å². The van der Waals surface area contributed by atoms with E-state index in [0.717, 1.165) is 25.9 Å². The molecule has 0 bridgehead atoms. The predicted molar refractivity (Wildman–Crippen MR) is 63.1 cm³/mol. The maximum atomic E-state index is 10.6. The van der Waals surface area contributed by atoms with Crippen LogP contribution in [0.5, 0.6) is 5.75 Å². The Morgan fingerprint density at radius 2 is 2.24 bits per heavy atom. The fourth-order valence-electron chi connectivity index (χ4n) is 1.91. The Morgan fingerprint density at radius 1 is 1.53 bits per heavy atom. The molecule has 1 radical (unpaired) electrons. The van der Waals surface area contributed by atoms with Gasteiger partial charge in [0.05, 0.1) is 17.1 Å². The molecule has 1 aromatic carbocycles. The summed E-state index contributed by atoms with van der Waals surface area (Å²) in [4.78, 5) is 12.4. The summed E-state index contributed by atoms with van der Waals surface area (Å²) in [6.07, 6.45) is 2.08. The molecule has 0 N–H and O–H groups in total. The number of hydrogen-bond acceptors (Lipinski definition) is 4. The molecule has 1 aromatic rings. The molecular weight excluding hydrogens is 220 g/mol. The zero-order valence-electron chi connectivity index (χ0n) is 9.76. The number of ether oxygens (including phenoxy) is 1. The Morgan fingerprint density at radius 3 is 2.88 bits per heavy atom. The van der Waals surface area contributed by atoms with Crippen LogP contribution in [0.4, 0.5) is 5.69 Å². The summed E-state index contributed by atoms with van der Waals surface area (Å²) >= 11 is 0. The van der Waals surface area contributed by atoms with Crippen molar-refractivity contribution in [3.8, 4) is 5.75 Å². The van der Waals surface area contributed by atoms with Crippen LogP contribution in [0.25, 0.3) is 0 Å². The van der Waals surface area contributed by atoms with E-state index in [9.17, 15) is 10.1 Å². The lowest BCUT2D eigenvalue weighted by Crippen LogP contribution is -2.35. The number of benzene rings is 1. The normalized spacial score (nSPS) is 17.9. The van der Waals surface area contributed by atoms with Crippen molar-refractivity contribution >= 4 is 5.69 Å². The Kier molecular flexibility index (Phi) is 3.58. The van der Waals surface area contributed by atoms with Gasteiger partial charge in [-0.2, -0.15) is 0 Å². The van der Waals surface area contributed by atoms with Crippen LogP contribution in [0, 0.1) is 16.2 Å². The maximum absolute atomic E-state index is 10.6. The molecule has 91 valence electrons. The van der Waals surface area contributed by atoms with Gasteiger partial charge in [-0.3, -0.25) is 10.1 Å². The smallest absolute Gasteiger partial charge is 0.281 e. The molecule has 1 aliphatic heterocycles. The van der Waals surface area contributed by atoms with Crippen molar-refractivity contribution in [2.24, 2.45) is 0 Å². The van der Waals surface area contributed by atoms with E-state index in [2.05, 4.69) is 18.0 Å². The highest BCUT2D eigenvalue weighted by molar-refractivity contribution is 5.36. The van der Waals surface area contributed by atoms with Crippen LogP contribution in [0.3, 0.4) is 0 Å². The topological polar surface area (TPSA) is 55.6 Å². The molecule has 0 spiro atoms. The van der Waals surface area contributed by atoms with Gasteiger partial charge in [-0.05, 0) is 32.0 Å². The number of hydrogen-bond donors (Lipinski definition) is 0. The molecule has 17 heavy (non-hydrogen) atoms. The van der Waals surface area contributed by atoms with Gasteiger partial charge in [-0.25, -0.2) is 0 Å². The van der Waals surface area contributed by atoms with Crippen LogP contribution in [-0.2, 0) is 0 Å². The monoisotopic (exact) mass is 235 g/mol. The predicted octanol–water partition coefficient (Wildman–Crippen LogP) is 1.87. The van der Waals surface area contributed by atoms with Crippen molar-refractivity contribution < 1.29 is 9.66 Å². The SMILES string of the molecule is CN1CCC(Oc2cc[c]c([N+](=O)[O-])c2)CC1. The largest absolute Gasteiger partial charge is 0.490 e. The van der Waals surface area contributed by atoms with E-state index in [1.807, 2.05) is 0 Å². The molecule has 0 unspecified atom stereocenters. The minimum atomic E-state index is -0.457. The van der Waals surface area contributed by atoms with Crippen molar-refractivity contribution in [3.63, 3.8) is 0 Å². The Balaban J connectivity index is 1.98. The fraction of sp³-hybridized carbons (Fsp3) is 0.500. The Hall–Kier alpha value is -1.62. The molecule has 1 fully saturated rings. The van der Waals surface area contributed by atoms with Gasteiger partial charge < -0.3 is 9.64 Å². The summed E-state index contributed by atoms with van der Waals surface area (Å²) in [5.41, 5.74) is -0.0459. The molecule has 2 rings (SSSR count).